The van der Waals surface area contributed by atoms with Gasteiger partial charge in [0.15, 0.2) is 0 Å². The number of rotatable bonds is 3. The van der Waals surface area contributed by atoms with E-state index >= 15 is 0 Å². The molecule has 2 rings (SSSR count). The highest BCUT2D eigenvalue weighted by Gasteiger charge is 2.23. The fraction of sp³-hybridized carbons (Fsp3) is 0.200. The van der Waals surface area contributed by atoms with Gasteiger partial charge in [-0.3, -0.25) is 0 Å². The largest absolute Gasteiger partial charge is 0.335 e. The maximum atomic E-state index is 13.1. The van der Waals surface area contributed by atoms with E-state index in [1.807, 2.05) is 13.0 Å². The standard InChI is InChI=1S/C15H13BrF3N/c1-9-3-6-14(20(10(9)2)8-15(18)19)12-5-4-11(17)7-13(12)16/h3-7,15H,2,8H2,1H3. The Bertz CT molecular complexity index is 605. The predicted molar refractivity (Wildman–Crippen MR) is 77.7 cm³/mol. The lowest BCUT2D eigenvalue weighted by Crippen LogP contribution is -2.28. The monoisotopic (exact) mass is 343 g/mol. The minimum absolute atomic E-state index is 0.386. The van der Waals surface area contributed by atoms with Gasteiger partial charge < -0.3 is 4.90 Å². The van der Waals surface area contributed by atoms with Crippen LogP contribution in [0.1, 0.15) is 12.5 Å². The summed E-state index contributed by atoms with van der Waals surface area (Å²) >= 11 is 3.27. The first kappa shape index (κ1) is 14.9. The summed E-state index contributed by atoms with van der Waals surface area (Å²) in [7, 11) is 0. The van der Waals surface area contributed by atoms with Gasteiger partial charge in [0.2, 0.25) is 0 Å². The number of halogens is 4. The normalized spacial score (nSPS) is 15.5. The molecule has 0 N–H and O–H groups in total. The van der Waals surface area contributed by atoms with Gasteiger partial charge in [0, 0.05) is 21.4 Å². The molecule has 5 heteroatoms. The van der Waals surface area contributed by atoms with Gasteiger partial charge in [0.1, 0.15) is 5.82 Å². The van der Waals surface area contributed by atoms with Crippen LogP contribution in [0.4, 0.5) is 13.2 Å². The van der Waals surface area contributed by atoms with Crippen LogP contribution in [0.15, 0.2) is 52.7 Å². The number of hydrogen-bond donors (Lipinski definition) is 0. The molecule has 1 aliphatic heterocycles. The lowest BCUT2D eigenvalue weighted by Gasteiger charge is -2.32. The van der Waals surface area contributed by atoms with Gasteiger partial charge in [-0.15, -0.1) is 0 Å². The molecule has 1 nitrogen and oxygen atoms in total. The first-order valence-electron chi connectivity index (χ1n) is 5.99. The molecule has 1 aromatic rings. The Balaban J connectivity index is 2.48. The molecule has 1 aromatic carbocycles. The van der Waals surface area contributed by atoms with Gasteiger partial charge in [-0.1, -0.05) is 12.7 Å². The van der Waals surface area contributed by atoms with Gasteiger partial charge in [0.25, 0.3) is 6.43 Å². The molecule has 0 bridgehead atoms. The first-order valence-corrected chi connectivity index (χ1v) is 6.78. The minimum Gasteiger partial charge on any atom is -0.335 e. The third-order valence-electron chi connectivity index (χ3n) is 3.09. The van der Waals surface area contributed by atoms with Crippen molar-refractivity contribution in [3.8, 4) is 0 Å². The second kappa shape index (κ2) is 5.87. The number of benzene rings is 1. The van der Waals surface area contributed by atoms with E-state index in [1.54, 1.807) is 12.1 Å². The second-order valence-corrected chi connectivity index (χ2v) is 5.33. The van der Waals surface area contributed by atoms with Crippen LogP contribution in [0, 0.1) is 5.82 Å². The molecule has 0 fully saturated rings. The Kier molecular flexibility index (Phi) is 4.38. The molecule has 0 radical (unpaired) electrons. The predicted octanol–water partition coefficient (Wildman–Crippen LogP) is 4.97. The summed E-state index contributed by atoms with van der Waals surface area (Å²) in [5, 5.41) is 0. The van der Waals surface area contributed by atoms with E-state index in [-0.39, 0.29) is 5.82 Å². The number of nitrogens with zero attached hydrogens (tertiary/aromatic N) is 1. The molecule has 106 valence electrons. The zero-order valence-corrected chi connectivity index (χ0v) is 12.4. The van der Waals surface area contributed by atoms with Crippen LogP contribution in [0.2, 0.25) is 0 Å². The molecule has 0 saturated carbocycles. The van der Waals surface area contributed by atoms with Crippen molar-refractivity contribution in [2.45, 2.75) is 13.3 Å². The fourth-order valence-electron chi connectivity index (χ4n) is 2.03. The van der Waals surface area contributed by atoms with Gasteiger partial charge in [-0.25, -0.2) is 13.2 Å². The molecule has 0 aliphatic carbocycles. The van der Waals surface area contributed by atoms with Crippen molar-refractivity contribution in [1.82, 2.24) is 4.90 Å². The Morgan fingerprint density at radius 2 is 2.00 bits per heavy atom. The summed E-state index contributed by atoms with van der Waals surface area (Å²) in [6.45, 7) is 5.22. The van der Waals surface area contributed by atoms with E-state index in [2.05, 4.69) is 22.5 Å². The van der Waals surface area contributed by atoms with Crippen LogP contribution in [0.25, 0.3) is 5.70 Å². The van der Waals surface area contributed by atoms with E-state index < -0.39 is 13.0 Å². The zero-order chi connectivity index (χ0) is 14.9. The fourth-order valence-corrected chi connectivity index (χ4v) is 2.58. The Hall–Kier alpha value is -1.49. The lowest BCUT2D eigenvalue weighted by atomic mass is 10.0. The van der Waals surface area contributed by atoms with E-state index in [1.165, 1.54) is 17.0 Å². The summed E-state index contributed by atoms with van der Waals surface area (Å²) in [6.07, 6.45) is 1.07. The highest BCUT2D eigenvalue weighted by atomic mass is 79.9. The summed E-state index contributed by atoms with van der Waals surface area (Å²) in [5.41, 5.74) is 2.58. The quantitative estimate of drug-likeness (QED) is 0.748. The zero-order valence-electron chi connectivity index (χ0n) is 10.8. The first-order chi connectivity index (χ1) is 9.40. The Morgan fingerprint density at radius 3 is 2.60 bits per heavy atom. The average molecular weight is 344 g/mol. The van der Waals surface area contributed by atoms with Crippen molar-refractivity contribution >= 4 is 21.6 Å². The highest BCUT2D eigenvalue weighted by Crippen LogP contribution is 2.34. The topological polar surface area (TPSA) is 3.24 Å². The van der Waals surface area contributed by atoms with E-state index in [9.17, 15) is 13.2 Å². The Morgan fingerprint density at radius 1 is 1.30 bits per heavy atom. The lowest BCUT2D eigenvalue weighted by molar-refractivity contribution is 0.123. The maximum Gasteiger partial charge on any atom is 0.256 e. The molecule has 0 aromatic heterocycles. The van der Waals surface area contributed by atoms with Crippen molar-refractivity contribution in [1.29, 1.82) is 0 Å². The number of alkyl halides is 2. The number of allylic oxidation sites excluding steroid dienone is 3. The molecule has 0 spiro atoms. The molecule has 0 atom stereocenters. The van der Waals surface area contributed by atoms with Crippen LogP contribution in [0.3, 0.4) is 0 Å². The molecular formula is C15H13BrF3N. The van der Waals surface area contributed by atoms with E-state index in [0.29, 0.717) is 21.4 Å². The van der Waals surface area contributed by atoms with Crippen molar-refractivity contribution in [3.05, 3.63) is 64.1 Å². The van der Waals surface area contributed by atoms with Crippen LogP contribution in [-0.2, 0) is 0 Å². The summed E-state index contributed by atoms with van der Waals surface area (Å²) < 4.78 is 39.2. The van der Waals surface area contributed by atoms with Crippen LogP contribution in [-0.4, -0.2) is 17.9 Å². The van der Waals surface area contributed by atoms with Crippen LogP contribution >= 0.6 is 15.9 Å². The molecule has 0 saturated heterocycles. The van der Waals surface area contributed by atoms with E-state index in [0.717, 1.165) is 5.57 Å². The third kappa shape index (κ3) is 2.98. The molecule has 20 heavy (non-hydrogen) atoms. The summed E-state index contributed by atoms with van der Waals surface area (Å²) in [6, 6.07) is 4.17. The SMILES string of the molecule is C=C1C(C)=CC=C(c2ccc(F)cc2Br)N1CC(F)F. The molecule has 1 heterocycles. The summed E-state index contributed by atoms with van der Waals surface area (Å²) in [5.74, 6) is -0.386. The summed E-state index contributed by atoms with van der Waals surface area (Å²) in [4.78, 5) is 1.46. The average Bonchev–Trinajstić information content (AvgIpc) is 2.36. The third-order valence-corrected chi connectivity index (χ3v) is 3.75. The number of hydrogen-bond acceptors (Lipinski definition) is 1. The van der Waals surface area contributed by atoms with Gasteiger partial charge >= 0.3 is 0 Å². The van der Waals surface area contributed by atoms with Gasteiger partial charge in [0.05, 0.1) is 6.54 Å². The van der Waals surface area contributed by atoms with Crippen molar-refractivity contribution < 1.29 is 13.2 Å². The van der Waals surface area contributed by atoms with Crippen molar-refractivity contribution in [2.24, 2.45) is 0 Å². The molecule has 1 aliphatic rings. The second-order valence-electron chi connectivity index (χ2n) is 4.47. The minimum atomic E-state index is -2.49. The van der Waals surface area contributed by atoms with Crippen LogP contribution in [0.5, 0.6) is 0 Å². The van der Waals surface area contributed by atoms with Gasteiger partial charge in [-0.2, -0.15) is 0 Å². The van der Waals surface area contributed by atoms with Crippen molar-refractivity contribution in [2.75, 3.05) is 6.54 Å². The molecule has 0 unspecified atom stereocenters. The molecular weight excluding hydrogens is 331 g/mol. The van der Waals surface area contributed by atoms with Crippen LogP contribution < -0.4 is 0 Å². The maximum absolute atomic E-state index is 13.1. The highest BCUT2D eigenvalue weighted by molar-refractivity contribution is 9.10. The molecule has 0 amide bonds. The Labute approximate surface area is 124 Å². The van der Waals surface area contributed by atoms with Gasteiger partial charge in [-0.05, 0) is 52.7 Å². The van der Waals surface area contributed by atoms with E-state index in [4.69, 9.17) is 0 Å². The van der Waals surface area contributed by atoms with Crippen molar-refractivity contribution in [3.63, 3.8) is 0 Å². The smallest absolute Gasteiger partial charge is 0.256 e.